The minimum absolute atomic E-state index is 0.102. The molecule has 2 fully saturated rings. The van der Waals surface area contributed by atoms with Crippen LogP contribution in [0.4, 0.5) is 4.79 Å². The van der Waals surface area contributed by atoms with Gasteiger partial charge in [0.1, 0.15) is 0 Å². The Morgan fingerprint density at radius 1 is 1.17 bits per heavy atom. The van der Waals surface area contributed by atoms with E-state index in [1.54, 1.807) is 0 Å². The van der Waals surface area contributed by atoms with Gasteiger partial charge in [0.2, 0.25) is 0 Å². The number of amides is 2. The number of benzene rings is 1. The van der Waals surface area contributed by atoms with Gasteiger partial charge in [-0.05, 0) is 57.7 Å². The molecule has 1 aromatic rings. The lowest BCUT2D eigenvalue weighted by Crippen LogP contribution is -2.48. The topological polar surface area (TPSA) is 102 Å². The molecule has 2 aliphatic rings. The lowest BCUT2D eigenvalue weighted by molar-refractivity contribution is -0.122. The first-order valence-corrected chi connectivity index (χ1v) is 10.6. The summed E-state index contributed by atoms with van der Waals surface area (Å²) in [6.07, 6.45) is 7.40. The van der Waals surface area contributed by atoms with Gasteiger partial charge in [0.05, 0.1) is 6.10 Å². The second-order valence-electron chi connectivity index (χ2n) is 8.25. The third kappa shape index (κ3) is 8.83. The Balaban J connectivity index is 0.000000941. The summed E-state index contributed by atoms with van der Waals surface area (Å²) in [5.74, 6) is 0. The first-order valence-electron chi connectivity index (χ1n) is 10.6. The third-order valence-electron chi connectivity index (χ3n) is 5.56. The van der Waals surface area contributed by atoms with Crippen molar-refractivity contribution in [1.82, 2.24) is 15.5 Å². The summed E-state index contributed by atoms with van der Waals surface area (Å²) in [6, 6.07) is 8.35. The fraction of sp³-hybridized carbons (Fsp3) is 0.636. The maximum Gasteiger partial charge on any atom is 0.315 e. The molecule has 1 aliphatic carbocycles. The lowest BCUT2D eigenvalue weighted by atomic mass is 10.0. The lowest BCUT2D eigenvalue weighted by Gasteiger charge is -2.24. The molecule has 0 aromatic heterocycles. The van der Waals surface area contributed by atoms with Crippen molar-refractivity contribution in [3.63, 3.8) is 0 Å². The fourth-order valence-corrected chi connectivity index (χ4v) is 3.77. The van der Waals surface area contributed by atoms with Crippen molar-refractivity contribution in [2.24, 2.45) is 0 Å². The van der Waals surface area contributed by atoms with E-state index in [0.717, 1.165) is 32.4 Å². The van der Waals surface area contributed by atoms with E-state index in [9.17, 15) is 9.90 Å². The number of aliphatic hydroxyl groups excluding tert-OH is 1. The quantitative estimate of drug-likeness (QED) is 0.522. The smallest absolute Gasteiger partial charge is 0.315 e. The van der Waals surface area contributed by atoms with Crippen molar-refractivity contribution in [3.8, 4) is 0 Å². The van der Waals surface area contributed by atoms with E-state index in [1.807, 2.05) is 0 Å². The van der Waals surface area contributed by atoms with Crippen LogP contribution in [0.1, 0.15) is 49.7 Å². The molecular weight excluding hydrogens is 370 g/mol. The van der Waals surface area contributed by atoms with Crippen LogP contribution in [0, 0.1) is 6.92 Å². The molecule has 0 spiro atoms. The van der Waals surface area contributed by atoms with Crippen LogP contribution in [0.15, 0.2) is 24.3 Å². The van der Waals surface area contributed by atoms with Crippen LogP contribution in [-0.2, 0) is 11.2 Å². The van der Waals surface area contributed by atoms with Crippen molar-refractivity contribution in [1.29, 1.82) is 0 Å². The van der Waals surface area contributed by atoms with Crippen LogP contribution >= 0.6 is 0 Å². The zero-order valence-corrected chi connectivity index (χ0v) is 17.4. The van der Waals surface area contributed by atoms with Crippen LogP contribution in [0.3, 0.4) is 0 Å². The van der Waals surface area contributed by atoms with Gasteiger partial charge in [-0.1, -0.05) is 42.7 Å². The van der Waals surface area contributed by atoms with Gasteiger partial charge in [-0.15, -0.1) is 0 Å². The normalized spacial score (nSPS) is 19.1. The number of β-amino-alcohol motifs (C(OH)–C–C–N with tert-alkyl or cyclic N) is 1. The predicted octanol–water partition coefficient (Wildman–Crippen LogP) is 2.31. The van der Waals surface area contributed by atoms with Gasteiger partial charge in [-0.2, -0.15) is 0 Å². The van der Waals surface area contributed by atoms with Crippen LogP contribution in [0.5, 0.6) is 0 Å². The van der Waals surface area contributed by atoms with E-state index in [-0.39, 0.29) is 18.0 Å². The highest BCUT2D eigenvalue weighted by Gasteiger charge is 2.43. The number of nitrogens with one attached hydrogen (secondary N) is 2. The molecule has 29 heavy (non-hydrogen) atoms. The summed E-state index contributed by atoms with van der Waals surface area (Å²) in [7, 11) is 0. The zero-order chi connectivity index (χ0) is 21.1. The first kappa shape index (κ1) is 23.2. The number of likely N-dealkylation sites (tertiary alicyclic amines) is 1. The molecule has 0 bridgehead atoms. The minimum atomic E-state index is -0.508. The van der Waals surface area contributed by atoms with E-state index in [4.69, 9.17) is 9.90 Å². The van der Waals surface area contributed by atoms with Gasteiger partial charge in [-0.25, -0.2) is 4.79 Å². The molecule has 2 amide bonds. The maximum atomic E-state index is 12.2. The number of carboxylic acid groups (broad SMARTS) is 1. The average molecular weight is 406 g/mol. The van der Waals surface area contributed by atoms with Gasteiger partial charge in [-0.3, -0.25) is 4.79 Å². The van der Waals surface area contributed by atoms with Gasteiger partial charge in [0.25, 0.3) is 6.47 Å². The van der Waals surface area contributed by atoms with Crippen molar-refractivity contribution >= 4 is 12.5 Å². The Labute approximate surface area is 173 Å². The van der Waals surface area contributed by atoms with Gasteiger partial charge >= 0.3 is 6.03 Å². The summed E-state index contributed by atoms with van der Waals surface area (Å²) >= 11 is 0. The monoisotopic (exact) mass is 405 g/mol. The predicted molar refractivity (Wildman–Crippen MR) is 113 cm³/mol. The second-order valence-corrected chi connectivity index (χ2v) is 8.25. The van der Waals surface area contributed by atoms with Crippen molar-refractivity contribution in [2.75, 3.05) is 26.2 Å². The third-order valence-corrected chi connectivity index (χ3v) is 5.56. The standard InChI is InChI=1S/C21H33N3O2.CH2O2/c1-17-6-8-18(9-7-17)14-21(10-11-21)23-20(26)22-15-19(25)16-24-12-4-2-3-5-13-24;2-1-3/h6-9,19,25H,2-5,10-16H2,1H3,(H2,22,23,26);1H,(H,2,3). The van der Waals surface area contributed by atoms with Crippen molar-refractivity contribution in [3.05, 3.63) is 35.4 Å². The molecular formula is C22H35N3O4. The van der Waals surface area contributed by atoms with E-state index in [1.165, 1.54) is 36.8 Å². The summed E-state index contributed by atoms with van der Waals surface area (Å²) in [5, 5.41) is 23.1. The Hall–Kier alpha value is -2.12. The molecule has 1 heterocycles. The molecule has 0 radical (unpaired) electrons. The molecule has 3 rings (SSSR count). The number of aryl methyl sites for hydroxylation is 1. The Bertz CT molecular complexity index is 623. The molecule has 162 valence electrons. The summed E-state index contributed by atoms with van der Waals surface area (Å²) < 4.78 is 0. The van der Waals surface area contributed by atoms with Crippen molar-refractivity contribution in [2.45, 2.75) is 63.5 Å². The number of rotatable bonds is 7. The highest BCUT2D eigenvalue weighted by Crippen LogP contribution is 2.38. The van der Waals surface area contributed by atoms with Crippen molar-refractivity contribution < 1.29 is 19.8 Å². The van der Waals surface area contributed by atoms with E-state index < -0.39 is 6.10 Å². The Morgan fingerprint density at radius 2 is 1.76 bits per heavy atom. The summed E-state index contributed by atoms with van der Waals surface area (Å²) in [5.41, 5.74) is 2.41. The van der Waals surface area contributed by atoms with Gasteiger partial charge in [0, 0.05) is 18.6 Å². The van der Waals surface area contributed by atoms with Crippen LogP contribution < -0.4 is 10.6 Å². The minimum Gasteiger partial charge on any atom is -0.483 e. The molecule has 7 heteroatoms. The number of aliphatic hydroxyl groups is 1. The van der Waals surface area contributed by atoms with Crippen LogP contribution in [0.25, 0.3) is 0 Å². The SMILES string of the molecule is Cc1ccc(CC2(NC(=O)NCC(O)CN3CCCCCC3)CC2)cc1.O=CO. The highest BCUT2D eigenvalue weighted by atomic mass is 16.3. The number of hydrogen-bond donors (Lipinski definition) is 4. The molecule has 1 saturated carbocycles. The zero-order valence-electron chi connectivity index (χ0n) is 17.4. The highest BCUT2D eigenvalue weighted by molar-refractivity contribution is 5.75. The Morgan fingerprint density at radius 3 is 2.31 bits per heavy atom. The van der Waals surface area contributed by atoms with Crippen LogP contribution in [-0.4, -0.2) is 65.4 Å². The fourth-order valence-electron chi connectivity index (χ4n) is 3.77. The van der Waals surface area contributed by atoms with E-state index in [2.05, 4.69) is 46.7 Å². The molecule has 1 aliphatic heterocycles. The number of carbonyl (C=O) groups excluding carboxylic acids is 1. The van der Waals surface area contributed by atoms with Gasteiger partial charge in [0.15, 0.2) is 0 Å². The number of nitrogens with zero attached hydrogens (tertiary/aromatic N) is 1. The number of hydrogen-bond acceptors (Lipinski definition) is 4. The molecule has 1 unspecified atom stereocenters. The van der Waals surface area contributed by atoms with Crippen LogP contribution in [0.2, 0.25) is 0 Å². The molecule has 7 nitrogen and oxygen atoms in total. The molecule has 1 saturated heterocycles. The number of carbonyl (C=O) groups is 2. The molecule has 4 N–H and O–H groups in total. The largest absolute Gasteiger partial charge is 0.483 e. The van der Waals surface area contributed by atoms with Gasteiger partial charge < -0.3 is 25.7 Å². The molecule has 1 aromatic carbocycles. The number of urea groups is 1. The molecule has 1 atom stereocenters. The second kappa shape index (κ2) is 11.8. The average Bonchev–Trinajstić information content (AvgIpc) is 3.47. The van der Waals surface area contributed by atoms with E-state index in [0.29, 0.717) is 13.1 Å². The maximum absolute atomic E-state index is 12.2. The first-order chi connectivity index (χ1) is 14.0. The summed E-state index contributed by atoms with van der Waals surface area (Å²) in [4.78, 5) is 22.9. The summed E-state index contributed by atoms with van der Waals surface area (Å²) in [6.45, 7) is 4.91. The Kier molecular flexibility index (Phi) is 9.41. The van der Waals surface area contributed by atoms with E-state index >= 15 is 0 Å².